The topological polar surface area (TPSA) is 92.8 Å². The smallest absolute Gasteiger partial charge is 0.338 e. The Morgan fingerprint density at radius 1 is 1.10 bits per heavy atom. The number of amides is 1. The van der Waals surface area contributed by atoms with Crippen molar-refractivity contribution in [1.29, 1.82) is 0 Å². The highest BCUT2D eigenvalue weighted by molar-refractivity contribution is 7.89. The Morgan fingerprint density at radius 3 is 2.40 bits per heavy atom. The van der Waals surface area contributed by atoms with Gasteiger partial charge < -0.3 is 10.1 Å². The highest BCUT2D eigenvalue weighted by Crippen LogP contribution is 2.28. The first-order valence-electron chi connectivity index (χ1n) is 10.6. The maximum Gasteiger partial charge on any atom is 0.338 e. The number of piperidine rings is 1. The molecule has 2 aliphatic rings. The van der Waals surface area contributed by atoms with Crippen LogP contribution in [0.1, 0.15) is 68.6 Å². The molecule has 9 heteroatoms. The molecule has 1 aromatic rings. The summed E-state index contributed by atoms with van der Waals surface area (Å²) >= 11 is 6.15. The second-order valence-corrected chi connectivity index (χ2v) is 10.3. The van der Waals surface area contributed by atoms with Crippen LogP contribution in [0.5, 0.6) is 0 Å². The maximum atomic E-state index is 13.0. The molecule has 166 valence electrons. The van der Waals surface area contributed by atoms with Gasteiger partial charge in [0.25, 0.3) is 5.91 Å². The normalized spacial score (nSPS) is 19.8. The first-order chi connectivity index (χ1) is 14.3. The molecule has 1 aliphatic heterocycles. The lowest BCUT2D eigenvalue weighted by Crippen LogP contribution is -2.42. The largest absolute Gasteiger partial charge is 0.449 e. The van der Waals surface area contributed by atoms with Crippen molar-refractivity contribution in [3.63, 3.8) is 0 Å². The minimum absolute atomic E-state index is 0.0484. The third kappa shape index (κ3) is 5.53. The molecule has 1 aromatic carbocycles. The Bertz CT molecular complexity index is 877. The summed E-state index contributed by atoms with van der Waals surface area (Å²) in [6, 6.07) is 4.14. The van der Waals surface area contributed by atoms with Crippen LogP contribution in [0.25, 0.3) is 0 Å². The predicted octanol–water partition coefficient (Wildman–Crippen LogP) is 3.51. The minimum atomic E-state index is -3.80. The SMILES string of the molecule is CC(OC(=O)c1ccc(Cl)c(S(=O)(=O)N2CCCCC2)c1)C(=O)NC1CCCCC1. The maximum absolute atomic E-state index is 13.0. The lowest BCUT2D eigenvalue weighted by Gasteiger charge is -2.26. The van der Waals surface area contributed by atoms with Crippen LogP contribution in [0.15, 0.2) is 23.1 Å². The number of rotatable bonds is 6. The van der Waals surface area contributed by atoms with E-state index in [1.807, 2.05) is 0 Å². The molecular weight excluding hydrogens is 428 g/mol. The molecule has 7 nitrogen and oxygen atoms in total. The summed E-state index contributed by atoms with van der Waals surface area (Å²) in [6.07, 6.45) is 6.82. The van der Waals surface area contributed by atoms with E-state index < -0.39 is 22.1 Å². The molecular formula is C21H29ClN2O5S. The number of nitrogens with zero attached hydrogens (tertiary/aromatic N) is 1. The van der Waals surface area contributed by atoms with Gasteiger partial charge in [-0.2, -0.15) is 4.31 Å². The Morgan fingerprint density at radius 2 is 1.73 bits per heavy atom. The van der Waals surface area contributed by atoms with E-state index in [0.29, 0.717) is 13.1 Å². The average Bonchev–Trinajstić information content (AvgIpc) is 2.75. The summed E-state index contributed by atoms with van der Waals surface area (Å²) in [4.78, 5) is 24.8. The number of sulfonamides is 1. The van der Waals surface area contributed by atoms with Gasteiger partial charge in [0.2, 0.25) is 10.0 Å². The van der Waals surface area contributed by atoms with Crippen LogP contribution in [-0.2, 0) is 19.6 Å². The highest BCUT2D eigenvalue weighted by Gasteiger charge is 2.29. The Balaban J connectivity index is 1.68. The van der Waals surface area contributed by atoms with Crippen LogP contribution < -0.4 is 5.32 Å². The zero-order valence-electron chi connectivity index (χ0n) is 17.2. The van der Waals surface area contributed by atoms with E-state index in [-0.39, 0.29) is 27.4 Å². The molecule has 0 radical (unpaired) electrons. The molecule has 1 unspecified atom stereocenters. The molecule has 1 aliphatic carbocycles. The molecule has 1 saturated heterocycles. The van der Waals surface area contributed by atoms with E-state index in [4.69, 9.17) is 16.3 Å². The molecule has 3 rings (SSSR count). The molecule has 1 amide bonds. The lowest BCUT2D eigenvalue weighted by molar-refractivity contribution is -0.130. The fraction of sp³-hybridized carbons (Fsp3) is 0.619. The summed E-state index contributed by atoms with van der Waals surface area (Å²) in [6.45, 7) is 2.38. The van der Waals surface area contributed by atoms with Crippen molar-refractivity contribution in [3.8, 4) is 0 Å². The first kappa shape index (κ1) is 23.0. The fourth-order valence-electron chi connectivity index (χ4n) is 3.92. The molecule has 1 saturated carbocycles. The van der Waals surface area contributed by atoms with Crippen LogP contribution in [-0.4, -0.2) is 49.8 Å². The lowest BCUT2D eigenvalue weighted by atomic mass is 9.95. The summed E-state index contributed by atoms with van der Waals surface area (Å²) in [5.74, 6) is -1.10. The summed E-state index contributed by atoms with van der Waals surface area (Å²) < 4.78 is 32.6. The molecule has 2 fully saturated rings. The van der Waals surface area contributed by atoms with E-state index in [9.17, 15) is 18.0 Å². The Hall–Kier alpha value is -1.64. The second kappa shape index (κ2) is 10.1. The third-order valence-corrected chi connectivity index (χ3v) is 8.08. The molecule has 0 spiro atoms. The van der Waals surface area contributed by atoms with Gasteiger partial charge >= 0.3 is 5.97 Å². The van der Waals surface area contributed by atoms with Crippen molar-refractivity contribution >= 4 is 33.5 Å². The van der Waals surface area contributed by atoms with Crippen molar-refractivity contribution in [2.24, 2.45) is 0 Å². The number of benzene rings is 1. The molecule has 1 N–H and O–H groups in total. The molecule has 1 heterocycles. The van der Waals surface area contributed by atoms with Gasteiger partial charge in [0.05, 0.1) is 10.6 Å². The van der Waals surface area contributed by atoms with Crippen LogP contribution >= 0.6 is 11.6 Å². The van der Waals surface area contributed by atoms with E-state index in [1.165, 1.54) is 35.8 Å². The van der Waals surface area contributed by atoms with Crippen LogP contribution in [0.2, 0.25) is 5.02 Å². The van der Waals surface area contributed by atoms with Crippen LogP contribution in [0.3, 0.4) is 0 Å². The van der Waals surface area contributed by atoms with Crippen molar-refractivity contribution < 1.29 is 22.7 Å². The zero-order chi connectivity index (χ0) is 21.7. The van der Waals surface area contributed by atoms with Gasteiger partial charge in [-0.1, -0.05) is 37.3 Å². The number of carbonyl (C=O) groups is 2. The first-order valence-corrected chi connectivity index (χ1v) is 12.4. The van der Waals surface area contributed by atoms with Gasteiger partial charge in [-0.3, -0.25) is 4.79 Å². The van der Waals surface area contributed by atoms with Gasteiger partial charge in [0, 0.05) is 19.1 Å². The van der Waals surface area contributed by atoms with Crippen molar-refractivity contribution in [3.05, 3.63) is 28.8 Å². The third-order valence-electron chi connectivity index (χ3n) is 5.70. The summed E-state index contributed by atoms with van der Waals surface area (Å²) in [5, 5.41) is 2.98. The van der Waals surface area contributed by atoms with Gasteiger partial charge in [0.15, 0.2) is 6.10 Å². The van der Waals surface area contributed by atoms with Crippen molar-refractivity contribution in [1.82, 2.24) is 9.62 Å². The monoisotopic (exact) mass is 456 g/mol. The number of hydrogen-bond acceptors (Lipinski definition) is 5. The number of ether oxygens (including phenoxy) is 1. The number of carbonyl (C=O) groups excluding carboxylic acids is 2. The average molecular weight is 457 g/mol. The van der Waals surface area contributed by atoms with E-state index in [2.05, 4.69) is 5.32 Å². The fourth-order valence-corrected chi connectivity index (χ4v) is 5.94. The molecule has 1 atom stereocenters. The summed E-state index contributed by atoms with van der Waals surface area (Å²) in [7, 11) is -3.80. The summed E-state index contributed by atoms with van der Waals surface area (Å²) in [5.41, 5.74) is 0.0484. The Kier molecular flexibility index (Phi) is 7.76. The number of nitrogens with one attached hydrogen (secondary N) is 1. The van der Waals surface area contributed by atoms with Gasteiger partial charge in [-0.05, 0) is 50.8 Å². The Labute approximate surface area is 183 Å². The molecule has 0 aromatic heterocycles. The van der Waals surface area contributed by atoms with Crippen molar-refractivity contribution in [2.75, 3.05) is 13.1 Å². The highest BCUT2D eigenvalue weighted by atomic mass is 35.5. The molecule has 0 bridgehead atoms. The standard InChI is InChI=1S/C21H29ClN2O5S/c1-15(20(25)23-17-8-4-2-5-9-17)29-21(26)16-10-11-18(22)19(14-16)30(27,28)24-12-6-3-7-13-24/h10-11,14-15,17H,2-9,12-13H2,1H3,(H,23,25). The van der Waals surface area contributed by atoms with Gasteiger partial charge in [-0.25, -0.2) is 13.2 Å². The van der Waals surface area contributed by atoms with E-state index >= 15 is 0 Å². The number of esters is 1. The quantitative estimate of drug-likeness (QED) is 0.661. The van der Waals surface area contributed by atoms with E-state index in [1.54, 1.807) is 0 Å². The predicted molar refractivity (Wildman–Crippen MR) is 114 cm³/mol. The van der Waals surface area contributed by atoms with E-state index in [0.717, 1.165) is 44.9 Å². The van der Waals surface area contributed by atoms with Gasteiger partial charge in [-0.15, -0.1) is 0 Å². The zero-order valence-corrected chi connectivity index (χ0v) is 18.8. The van der Waals surface area contributed by atoms with Gasteiger partial charge in [0.1, 0.15) is 4.90 Å². The minimum Gasteiger partial charge on any atom is -0.449 e. The second-order valence-electron chi connectivity index (χ2n) is 8.00. The van der Waals surface area contributed by atoms with Crippen molar-refractivity contribution in [2.45, 2.75) is 75.3 Å². The number of halogens is 1. The molecule has 30 heavy (non-hydrogen) atoms. The van der Waals surface area contributed by atoms with Crippen LogP contribution in [0, 0.1) is 0 Å². The van der Waals surface area contributed by atoms with Crippen LogP contribution in [0.4, 0.5) is 0 Å². The number of hydrogen-bond donors (Lipinski definition) is 1.